The van der Waals surface area contributed by atoms with Gasteiger partial charge in [0.15, 0.2) is 0 Å². The monoisotopic (exact) mass is 284 g/mol. The van der Waals surface area contributed by atoms with Gasteiger partial charge in [-0.15, -0.1) is 0 Å². The molecule has 0 aliphatic heterocycles. The number of rotatable bonds is 5. The highest BCUT2D eigenvalue weighted by Crippen LogP contribution is 2.33. The van der Waals surface area contributed by atoms with Gasteiger partial charge in [-0.2, -0.15) is 5.26 Å². The van der Waals surface area contributed by atoms with E-state index in [-0.39, 0.29) is 16.7 Å². The van der Waals surface area contributed by atoms with Gasteiger partial charge < -0.3 is 4.90 Å². The molecule has 21 heavy (non-hydrogen) atoms. The molecule has 0 N–H and O–H groups in total. The minimum atomic E-state index is -0.388. The first-order chi connectivity index (χ1) is 10.1. The number of benzene rings is 1. The molecule has 0 fully saturated rings. The van der Waals surface area contributed by atoms with Crippen molar-refractivity contribution in [1.29, 1.82) is 5.26 Å². The first-order valence-electron chi connectivity index (χ1n) is 6.71. The highest BCUT2D eigenvalue weighted by Gasteiger charge is 2.19. The molecule has 2 aromatic rings. The summed E-state index contributed by atoms with van der Waals surface area (Å²) in [6.07, 6.45) is 3.59. The third kappa shape index (κ3) is 2.92. The van der Waals surface area contributed by atoms with Crippen molar-refractivity contribution in [1.82, 2.24) is 4.98 Å². The van der Waals surface area contributed by atoms with Crippen LogP contribution < -0.4 is 4.90 Å². The van der Waals surface area contributed by atoms with Crippen molar-refractivity contribution < 1.29 is 4.92 Å². The van der Waals surface area contributed by atoms with Crippen LogP contribution in [0, 0.1) is 21.4 Å². The Kier molecular flexibility index (Phi) is 4.33. The second kappa shape index (κ2) is 6.18. The molecule has 0 atom stereocenters. The van der Waals surface area contributed by atoms with Crippen molar-refractivity contribution in [3.8, 4) is 6.07 Å². The number of hydrogen-bond donors (Lipinski definition) is 0. The molecule has 0 aliphatic carbocycles. The molecule has 108 valence electrons. The Morgan fingerprint density at radius 1 is 1.38 bits per heavy atom. The lowest BCUT2D eigenvalue weighted by Gasteiger charge is -2.29. The number of hydrogen-bond acceptors (Lipinski definition) is 5. The van der Waals surface area contributed by atoms with Crippen molar-refractivity contribution in [3.05, 3.63) is 40.7 Å². The van der Waals surface area contributed by atoms with E-state index in [2.05, 4.69) is 16.0 Å². The molecule has 0 radical (unpaired) electrons. The standard InChI is InChI=1S/C15H16N4O2/c1-11(2)18(9-3-7-16)14-4-5-15(19(20)21)12-6-8-17-10-13(12)14/h4-6,8,10-11H,3,9H2,1-2H3. The lowest BCUT2D eigenvalue weighted by atomic mass is 10.1. The van der Waals surface area contributed by atoms with E-state index in [1.807, 2.05) is 13.8 Å². The highest BCUT2D eigenvalue weighted by molar-refractivity contribution is 5.99. The number of nitrogens with zero attached hydrogens (tertiary/aromatic N) is 4. The average Bonchev–Trinajstić information content (AvgIpc) is 2.47. The Balaban J connectivity index is 2.61. The number of nitro groups is 1. The molecule has 6 heteroatoms. The molecular weight excluding hydrogens is 268 g/mol. The Bertz CT molecular complexity index is 706. The summed E-state index contributed by atoms with van der Waals surface area (Å²) in [6, 6.07) is 7.22. The number of pyridine rings is 1. The van der Waals surface area contributed by atoms with Crippen LogP contribution in [-0.2, 0) is 0 Å². The summed E-state index contributed by atoms with van der Waals surface area (Å²) >= 11 is 0. The van der Waals surface area contributed by atoms with Gasteiger partial charge in [0.25, 0.3) is 5.69 Å². The van der Waals surface area contributed by atoms with Gasteiger partial charge >= 0.3 is 0 Å². The quantitative estimate of drug-likeness (QED) is 0.621. The van der Waals surface area contributed by atoms with Gasteiger partial charge in [-0.1, -0.05) is 0 Å². The first-order valence-corrected chi connectivity index (χ1v) is 6.71. The van der Waals surface area contributed by atoms with Gasteiger partial charge in [-0.25, -0.2) is 0 Å². The predicted molar refractivity (Wildman–Crippen MR) is 81.1 cm³/mol. The van der Waals surface area contributed by atoms with Crippen LogP contribution in [0.15, 0.2) is 30.6 Å². The number of aromatic nitrogens is 1. The van der Waals surface area contributed by atoms with Gasteiger partial charge in [-0.3, -0.25) is 15.1 Å². The fourth-order valence-electron chi connectivity index (χ4n) is 2.40. The second-order valence-corrected chi connectivity index (χ2v) is 4.98. The van der Waals surface area contributed by atoms with Crippen molar-refractivity contribution in [2.24, 2.45) is 0 Å². The topological polar surface area (TPSA) is 83.1 Å². The van der Waals surface area contributed by atoms with E-state index in [0.29, 0.717) is 18.4 Å². The molecule has 0 bridgehead atoms. The molecule has 1 aromatic carbocycles. The third-order valence-electron chi connectivity index (χ3n) is 3.37. The zero-order valence-electron chi connectivity index (χ0n) is 12.0. The Hall–Kier alpha value is -2.68. The summed E-state index contributed by atoms with van der Waals surface area (Å²) in [7, 11) is 0. The van der Waals surface area contributed by atoms with E-state index in [4.69, 9.17) is 5.26 Å². The summed E-state index contributed by atoms with van der Waals surface area (Å²) < 4.78 is 0. The molecule has 0 unspecified atom stereocenters. The number of nitriles is 1. The molecule has 0 aliphatic rings. The van der Waals surface area contributed by atoms with E-state index in [9.17, 15) is 10.1 Å². The first kappa shape index (κ1) is 14.7. The lowest BCUT2D eigenvalue weighted by molar-refractivity contribution is -0.383. The maximum Gasteiger partial charge on any atom is 0.277 e. The molecule has 0 spiro atoms. The van der Waals surface area contributed by atoms with Crippen molar-refractivity contribution in [2.45, 2.75) is 26.3 Å². The SMILES string of the molecule is CC(C)N(CCC#N)c1ccc([N+](=O)[O-])c2ccncc12. The summed E-state index contributed by atoms with van der Waals surface area (Å²) in [6.45, 7) is 4.64. The Morgan fingerprint density at radius 2 is 2.14 bits per heavy atom. The maximum absolute atomic E-state index is 11.1. The summed E-state index contributed by atoms with van der Waals surface area (Å²) in [5, 5.41) is 21.2. The van der Waals surface area contributed by atoms with Gasteiger partial charge in [0.2, 0.25) is 0 Å². The van der Waals surface area contributed by atoms with E-state index in [0.717, 1.165) is 11.1 Å². The summed E-state index contributed by atoms with van der Waals surface area (Å²) in [5.74, 6) is 0. The second-order valence-electron chi connectivity index (χ2n) is 4.98. The van der Waals surface area contributed by atoms with E-state index in [1.54, 1.807) is 24.5 Å². The Labute approximate surface area is 122 Å². The molecular formula is C15H16N4O2. The van der Waals surface area contributed by atoms with Crippen molar-refractivity contribution in [2.75, 3.05) is 11.4 Å². The van der Waals surface area contributed by atoms with Gasteiger partial charge in [-0.05, 0) is 26.0 Å². The fourth-order valence-corrected chi connectivity index (χ4v) is 2.40. The van der Waals surface area contributed by atoms with Crippen LogP contribution in [0.2, 0.25) is 0 Å². The van der Waals surface area contributed by atoms with Crippen LogP contribution in [0.4, 0.5) is 11.4 Å². The number of nitro benzene ring substituents is 1. The number of non-ortho nitro benzene ring substituents is 1. The molecule has 1 heterocycles. The largest absolute Gasteiger partial charge is 0.368 e. The van der Waals surface area contributed by atoms with E-state index >= 15 is 0 Å². The van der Waals surface area contributed by atoms with Crippen LogP contribution in [0.1, 0.15) is 20.3 Å². The van der Waals surface area contributed by atoms with Gasteiger partial charge in [0.1, 0.15) is 0 Å². The minimum Gasteiger partial charge on any atom is -0.368 e. The average molecular weight is 284 g/mol. The zero-order valence-corrected chi connectivity index (χ0v) is 12.0. The third-order valence-corrected chi connectivity index (χ3v) is 3.37. The molecule has 0 saturated heterocycles. The zero-order chi connectivity index (χ0) is 15.4. The van der Waals surface area contributed by atoms with E-state index in [1.165, 1.54) is 6.07 Å². The number of fused-ring (bicyclic) bond motifs is 1. The molecule has 1 aromatic heterocycles. The predicted octanol–water partition coefficient (Wildman–Crippen LogP) is 3.27. The molecule has 6 nitrogen and oxygen atoms in total. The lowest BCUT2D eigenvalue weighted by Crippen LogP contribution is -2.31. The fraction of sp³-hybridized carbons (Fsp3) is 0.333. The summed E-state index contributed by atoms with van der Waals surface area (Å²) in [4.78, 5) is 16.9. The van der Waals surface area contributed by atoms with Crippen LogP contribution >= 0.6 is 0 Å². The minimum absolute atomic E-state index is 0.0696. The van der Waals surface area contributed by atoms with Crippen LogP contribution in [-0.4, -0.2) is 22.5 Å². The van der Waals surface area contributed by atoms with Crippen LogP contribution in [0.25, 0.3) is 10.8 Å². The van der Waals surface area contributed by atoms with Crippen molar-refractivity contribution >= 4 is 22.1 Å². The van der Waals surface area contributed by atoms with E-state index < -0.39 is 0 Å². The Morgan fingerprint density at radius 3 is 2.76 bits per heavy atom. The molecule has 0 saturated carbocycles. The highest BCUT2D eigenvalue weighted by atomic mass is 16.6. The summed E-state index contributed by atoms with van der Waals surface area (Å²) in [5.41, 5.74) is 0.939. The van der Waals surface area contributed by atoms with Gasteiger partial charge in [0, 0.05) is 42.1 Å². The van der Waals surface area contributed by atoms with Crippen molar-refractivity contribution in [3.63, 3.8) is 0 Å². The van der Waals surface area contributed by atoms with Crippen LogP contribution in [0.5, 0.6) is 0 Å². The molecule has 2 rings (SSSR count). The normalized spacial score (nSPS) is 10.6. The maximum atomic E-state index is 11.1. The molecule has 0 amide bonds. The van der Waals surface area contributed by atoms with Gasteiger partial charge in [0.05, 0.1) is 22.8 Å². The number of anilines is 1. The smallest absolute Gasteiger partial charge is 0.277 e. The van der Waals surface area contributed by atoms with Crippen LogP contribution in [0.3, 0.4) is 0 Å².